The van der Waals surface area contributed by atoms with Crippen LogP contribution in [0.2, 0.25) is 0 Å². The van der Waals surface area contributed by atoms with Crippen LogP contribution >= 0.6 is 0 Å². The molecule has 4 aliphatic heterocycles. The highest BCUT2D eigenvalue weighted by molar-refractivity contribution is 7.02. The third-order valence-corrected chi connectivity index (χ3v) is 15.8. The number of benzene rings is 8. The van der Waals surface area contributed by atoms with Crippen molar-refractivity contribution in [3.8, 4) is 22.9 Å². The van der Waals surface area contributed by atoms with Crippen molar-refractivity contribution in [2.75, 3.05) is 4.90 Å². The number of aromatic nitrogens is 2. The zero-order valence-corrected chi connectivity index (χ0v) is 40.5. The number of rotatable bonds is 1. The number of hydrogen-bond acceptors (Lipinski definition) is 2. The molecule has 0 N–H and O–H groups in total. The van der Waals surface area contributed by atoms with Crippen LogP contribution in [0, 0.1) is 34.6 Å². The molecular formula is C61H53B2N3O. The second-order valence-corrected chi connectivity index (χ2v) is 22.6. The SMILES string of the molecule is Cc1ccc(N2c3cc4c(cc3B3c5c2cc(C(C)(C)C)cc5-n2c5ccc(C)cc5c5cc(C)cc3c52)B2c3c(cc(C(C)(C)C)cc3-n3c5ccc(C)cc5c5cc(C)cc2c53)O4)cc1. The van der Waals surface area contributed by atoms with Gasteiger partial charge in [0.25, 0.3) is 13.4 Å². The lowest BCUT2D eigenvalue weighted by Gasteiger charge is -2.43. The van der Waals surface area contributed by atoms with E-state index >= 15 is 0 Å². The van der Waals surface area contributed by atoms with Gasteiger partial charge >= 0.3 is 0 Å². The van der Waals surface area contributed by atoms with Gasteiger partial charge in [-0.15, -0.1) is 0 Å². The van der Waals surface area contributed by atoms with E-state index < -0.39 is 0 Å². The summed E-state index contributed by atoms with van der Waals surface area (Å²) in [7, 11) is 0. The molecule has 4 nitrogen and oxygen atoms in total. The first-order chi connectivity index (χ1) is 32.0. The molecule has 8 aromatic carbocycles. The number of ether oxygens (including phenoxy) is 1. The van der Waals surface area contributed by atoms with Crippen LogP contribution in [0.1, 0.15) is 80.5 Å². The number of anilines is 3. The molecule has 67 heavy (non-hydrogen) atoms. The first-order valence-corrected chi connectivity index (χ1v) is 24.2. The highest BCUT2D eigenvalue weighted by Crippen LogP contribution is 2.46. The van der Waals surface area contributed by atoms with Gasteiger partial charge in [0.05, 0.1) is 11.0 Å². The Morgan fingerprint density at radius 3 is 1.45 bits per heavy atom. The fraction of sp³-hybridized carbons (Fsp3) is 0.213. The van der Waals surface area contributed by atoms with Gasteiger partial charge in [-0.25, -0.2) is 0 Å². The second kappa shape index (κ2) is 12.7. The van der Waals surface area contributed by atoms with E-state index in [9.17, 15) is 0 Å². The van der Waals surface area contributed by atoms with Crippen molar-refractivity contribution in [1.29, 1.82) is 0 Å². The first kappa shape index (κ1) is 39.3. The van der Waals surface area contributed by atoms with Crippen molar-refractivity contribution in [2.24, 2.45) is 0 Å². The van der Waals surface area contributed by atoms with Gasteiger partial charge in [0.15, 0.2) is 0 Å². The van der Waals surface area contributed by atoms with Crippen molar-refractivity contribution in [3.63, 3.8) is 0 Å². The summed E-state index contributed by atoms with van der Waals surface area (Å²) in [6.45, 7) is 25.2. The van der Waals surface area contributed by atoms with Crippen LogP contribution in [0.15, 0.2) is 121 Å². The Balaban J connectivity index is 1.14. The maximum Gasteiger partial charge on any atom is 0.256 e. The molecule has 0 aliphatic carbocycles. The molecule has 4 aliphatic rings. The smallest absolute Gasteiger partial charge is 0.256 e. The predicted molar refractivity (Wildman–Crippen MR) is 287 cm³/mol. The highest BCUT2D eigenvalue weighted by Gasteiger charge is 2.47. The van der Waals surface area contributed by atoms with E-state index in [2.05, 4.69) is 212 Å². The molecule has 0 bridgehead atoms. The maximum atomic E-state index is 7.49. The Hall–Kier alpha value is -6.91. The molecule has 0 saturated heterocycles. The van der Waals surface area contributed by atoms with E-state index in [-0.39, 0.29) is 24.3 Å². The molecule has 2 aromatic heterocycles. The molecule has 14 rings (SSSR count). The molecule has 0 atom stereocenters. The third kappa shape index (κ3) is 5.17. The standard InChI is InChI=1S/C61H53B2N3O/c1-32-12-16-39(17-13-32)64-50-31-54-45(63-47-25-36(5)23-43-41-21-34(3)15-19-49(41)66(59(43)47)53-28-38(61(9,10)11)29-55(67-54)57(53)63)30-44(50)62-46-24-35(4)22-42-40-20-33(2)14-18-48(40)65(58(42)46)52-27-37(60(6,7)8)26-51(64)56(52)62/h12-31H,1-11H3. The molecular weight excluding hydrogens is 812 g/mol. The van der Waals surface area contributed by atoms with E-state index in [1.165, 1.54) is 138 Å². The minimum Gasteiger partial charge on any atom is -0.458 e. The molecule has 0 saturated carbocycles. The molecule has 10 aromatic rings. The Morgan fingerprint density at radius 2 is 0.881 bits per heavy atom. The Labute approximate surface area is 394 Å². The maximum absolute atomic E-state index is 7.49. The summed E-state index contributed by atoms with van der Waals surface area (Å²) >= 11 is 0. The van der Waals surface area contributed by atoms with Gasteiger partial charge in [-0.3, -0.25) is 0 Å². The van der Waals surface area contributed by atoms with Crippen LogP contribution in [0.5, 0.6) is 11.5 Å². The molecule has 6 heteroatoms. The van der Waals surface area contributed by atoms with E-state index in [0.29, 0.717) is 0 Å². The van der Waals surface area contributed by atoms with Crippen molar-refractivity contribution in [3.05, 3.63) is 160 Å². The summed E-state index contributed by atoms with van der Waals surface area (Å²) in [5.41, 5.74) is 27.9. The normalized spacial score (nSPS) is 14.2. The second-order valence-electron chi connectivity index (χ2n) is 22.6. The van der Waals surface area contributed by atoms with E-state index in [1.807, 2.05) is 0 Å². The zero-order valence-electron chi connectivity index (χ0n) is 40.5. The number of nitrogens with zero attached hydrogens (tertiary/aromatic N) is 3. The minimum atomic E-state index is -0.0983. The van der Waals surface area contributed by atoms with Gasteiger partial charge in [0.2, 0.25) is 0 Å². The van der Waals surface area contributed by atoms with Crippen molar-refractivity contribution in [1.82, 2.24) is 9.13 Å². The molecule has 324 valence electrons. The van der Waals surface area contributed by atoms with Gasteiger partial charge in [0.1, 0.15) is 11.5 Å². The van der Waals surface area contributed by atoms with Crippen LogP contribution in [-0.4, -0.2) is 22.6 Å². The summed E-state index contributed by atoms with van der Waals surface area (Å²) in [5.74, 6) is 1.90. The van der Waals surface area contributed by atoms with Gasteiger partial charge in [-0.1, -0.05) is 112 Å². The van der Waals surface area contributed by atoms with Crippen LogP contribution in [0.4, 0.5) is 17.1 Å². The van der Waals surface area contributed by atoms with Crippen molar-refractivity contribution < 1.29 is 4.74 Å². The quantitative estimate of drug-likeness (QED) is 0.153. The summed E-state index contributed by atoms with van der Waals surface area (Å²) in [6.07, 6.45) is 0. The average molecular weight is 866 g/mol. The van der Waals surface area contributed by atoms with Gasteiger partial charge in [-0.2, -0.15) is 0 Å². The van der Waals surface area contributed by atoms with Crippen LogP contribution in [0.25, 0.3) is 55.0 Å². The third-order valence-electron chi connectivity index (χ3n) is 15.8. The Morgan fingerprint density at radius 1 is 0.388 bits per heavy atom. The van der Waals surface area contributed by atoms with Crippen LogP contribution < -0.4 is 42.4 Å². The lowest BCUT2D eigenvalue weighted by atomic mass is 9.30. The van der Waals surface area contributed by atoms with Gasteiger partial charge in [0, 0.05) is 67.1 Å². The first-order valence-electron chi connectivity index (χ1n) is 24.2. The largest absolute Gasteiger partial charge is 0.458 e. The lowest BCUT2D eigenvalue weighted by molar-refractivity contribution is 0.483. The number of hydrogen-bond donors (Lipinski definition) is 0. The lowest BCUT2D eigenvalue weighted by Crippen LogP contribution is -2.63. The van der Waals surface area contributed by atoms with Gasteiger partial charge < -0.3 is 18.8 Å². The number of aryl methyl sites for hydroxylation is 5. The fourth-order valence-electron chi connectivity index (χ4n) is 12.7. The average Bonchev–Trinajstić information content (AvgIpc) is 3.77. The van der Waals surface area contributed by atoms with Crippen LogP contribution in [-0.2, 0) is 10.8 Å². The summed E-state index contributed by atoms with van der Waals surface area (Å²) in [6, 6.07) is 47.8. The molecule has 0 unspecified atom stereocenters. The molecule has 6 heterocycles. The predicted octanol–water partition coefficient (Wildman–Crippen LogP) is 11.6. The topological polar surface area (TPSA) is 22.3 Å². The van der Waals surface area contributed by atoms with Gasteiger partial charge in [-0.05, 0) is 162 Å². The molecule has 0 fully saturated rings. The molecule has 0 radical (unpaired) electrons. The van der Waals surface area contributed by atoms with E-state index in [0.717, 1.165) is 17.2 Å². The number of fused-ring (bicyclic) bond motifs is 14. The molecule has 0 spiro atoms. The fourth-order valence-corrected chi connectivity index (χ4v) is 12.7. The van der Waals surface area contributed by atoms with Crippen LogP contribution in [0.3, 0.4) is 0 Å². The highest BCUT2D eigenvalue weighted by atomic mass is 16.5. The Bertz CT molecular complexity index is 3930. The Kier molecular flexibility index (Phi) is 7.47. The van der Waals surface area contributed by atoms with Crippen molar-refractivity contribution >= 4 is 107 Å². The van der Waals surface area contributed by atoms with Crippen molar-refractivity contribution in [2.45, 2.75) is 87.0 Å². The minimum absolute atomic E-state index is 0.0130. The zero-order chi connectivity index (χ0) is 45.9. The molecule has 0 amide bonds. The monoisotopic (exact) mass is 865 g/mol. The van der Waals surface area contributed by atoms with E-state index in [4.69, 9.17) is 4.74 Å². The summed E-state index contributed by atoms with van der Waals surface area (Å²) < 4.78 is 12.7. The summed E-state index contributed by atoms with van der Waals surface area (Å²) in [5, 5.41) is 5.28. The van der Waals surface area contributed by atoms with E-state index in [1.54, 1.807) is 0 Å². The summed E-state index contributed by atoms with van der Waals surface area (Å²) in [4.78, 5) is 2.56.